The molecule has 4 heteroatoms. The fraction of sp³-hybridized carbons (Fsp3) is 0.857. The van der Waals surface area contributed by atoms with Crippen LogP contribution in [0, 0.1) is 5.92 Å². The third kappa shape index (κ3) is 2.46. The van der Waals surface area contributed by atoms with E-state index in [0.29, 0.717) is 0 Å². The smallest absolute Gasteiger partial charge is 0.320 e. The van der Waals surface area contributed by atoms with Crippen molar-refractivity contribution in [1.29, 1.82) is 0 Å². The second-order valence-electron chi connectivity index (χ2n) is 3.03. The van der Waals surface area contributed by atoms with Crippen molar-refractivity contribution in [2.24, 2.45) is 11.7 Å². The molecule has 1 fully saturated rings. The number of aliphatic carboxylic acids is 1. The standard InChI is InChI=1S/C7H12FNO2/c8-5(4-1-2-4)3-6(9)7(10)11/h4-6H,1-3,9H2,(H,10,11). The quantitative estimate of drug-likeness (QED) is 0.632. The van der Waals surface area contributed by atoms with Gasteiger partial charge in [0.2, 0.25) is 0 Å². The highest BCUT2D eigenvalue weighted by Gasteiger charge is 2.33. The Labute approximate surface area is 64.4 Å². The third-order valence-electron chi connectivity index (χ3n) is 1.93. The van der Waals surface area contributed by atoms with Crippen LogP contribution in [-0.4, -0.2) is 23.3 Å². The molecule has 0 saturated heterocycles. The molecule has 1 aliphatic carbocycles. The Kier molecular flexibility index (Phi) is 2.44. The lowest BCUT2D eigenvalue weighted by Gasteiger charge is -2.09. The van der Waals surface area contributed by atoms with Gasteiger partial charge in [-0.3, -0.25) is 4.79 Å². The zero-order valence-electron chi connectivity index (χ0n) is 6.16. The molecule has 2 atom stereocenters. The van der Waals surface area contributed by atoms with Crippen molar-refractivity contribution in [3.63, 3.8) is 0 Å². The molecule has 3 nitrogen and oxygen atoms in total. The Balaban J connectivity index is 2.22. The highest BCUT2D eigenvalue weighted by Crippen LogP contribution is 2.36. The minimum absolute atomic E-state index is 0.0417. The van der Waals surface area contributed by atoms with Gasteiger partial charge in [-0.15, -0.1) is 0 Å². The molecule has 64 valence electrons. The van der Waals surface area contributed by atoms with Crippen LogP contribution in [0.2, 0.25) is 0 Å². The van der Waals surface area contributed by atoms with Gasteiger partial charge in [-0.05, 0) is 18.8 Å². The Hall–Kier alpha value is -0.640. The first kappa shape index (κ1) is 8.46. The predicted molar refractivity (Wildman–Crippen MR) is 37.8 cm³/mol. The normalized spacial score (nSPS) is 22.7. The van der Waals surface area contributed by atoms with E-state index < -0.39 is 18.2 Å². The minimum atomic E-state index is -1.12. The summed E-state index contributed by atoms with van der Waals surface area (Å²) < 4.78 is 12.9. The van der Waals surface area contributed by atoms with E-state index in [1.807, 2.05) is 0 Å². The van der Waals surface area contributed by atoms with E-state index in [4.69, 9.17) is 10.8 Å². The molecule has 11 heavy (non-hydrogen) atoms. The molecule has 2 unspecified atom stereocenters. The number of rotatable bonds is 4. The Bertz CT molecular complexity index is 159. The number of carboxylic acids is 1. The number of halogens is 1. The predicted octanol–water partition coefficient (Wildman–Crippen LogP) is 0.536. The Morgan fingerprint density at radius 3 is 2.64 bits per heavy atom. The maximum atomic E-state index is 12.9. The summed E-state index contributed by atoms with van der Waals surface area (Å²) in [6, 6.07) is -1.04. The summed E-state index contributed by atoms with van der Waals surface area (Å²) in [6.45, 7) is 0. The molecule has 0 aliphatic heterocycles. The van der Waals surface area contributed by atoms with Gasteiger partial charge in [-0.1, -0.05) is 0 Å². The first-order chi connectivity index (χ1) is 5.11. The molecular formula is C7H12FNO2. The van der Waals surface area contributed by atoms with Gasteiger partial charge in [-0.2, -0.15) is 0 Å². The number of hydrogen-bond donors (Lipinski definition) is 2. The second kappa shape index (κ2) is 3.17. The lowest BCUT2D eigenvalue weighted by atomic mass is 10.1. The fourth-order valence-electron chi connectivity index (χ4n) is 0.994. The molecule has 0 aromatic carbocycles. The highest BCUT2D eigenvalue weighted by molar-refractivity contribution is 5.73. The van der Waals surface area contributed by atoms with Gasteiger partial charge in [0.25, 0.3) is 0 Å². The number of nitrogens with two attached hydrogens (primary N) is 1. The largest absolute Gasteiger partial charge is 0.480 e. The summed E-state index contributed by atoms with van der Waals surface area (Å²) in [5, 5.41) is 8.34. The van der Waals surface area contributed by atoms with Gasteiger partial charge in [-0.25, -0.2) is 4.39 Å². The van der Waals surface area contributed by atoms with Crippen LogP contribution in [0.25, 0.3) is 0 Å². The van der Waals surface area contributed by atoms with Crippen molar-refractivity contribution < 1.29 is 14.3 Å². The van der Waals surface area contributed by atoms with Crippen LogP contribution in [0.3, 0.4) is 0 Å². The van der Waals surface area contributed by atoms with Crippen molar-refractivity contribution in [1.82, 2.24) is 0 Å². The molecule has 0 heterocycles. The molecule has 0 aromatic rings. The summed E-state index contributed by atoms with van der Waals surface area (Å²) in [5.74, 6) is -1.03. The highest BCUT2D eigenvalue weighted by atomic mass is 19.1. The van der Waals surface area contributed by atoms with Gasteiger partial charge in [0.15, 0.2) is 0 Å². The summed E-state index contributed by atoms with van der Waals surface area (Å²) in [7, 11) is 0. The number of alkyl halides is 1. The molecule has 1 rings (SSSR count). The lowest BCUT2D eigenvalue weighted by Crippen LogP contribution is -2.33. The first-order valence-electron chi connectivity index (χ1n) is 3.73. The molecule has 0 aromatic heterocycles. The molecule has 0 bridgehead atoms. The summed E-state index contributed by atoms with van der Waals surface area (Å²) in [6.07, 6.45) is 0.710. The number of carboxylic acid groups (broad SMARTS) is 1. The van der Waals surface area contributed by atoms with Crippen LogP contribution in [-0.2, 0) is 4.79 Å². The molecule has 1 saturated carbocycles. The summed E-state index contributed by atoms with van der Waals surface area (Å²) in [4.78, 5) is 10.2. The zero-order valence-corrected chi connectivity index (χ0v) is 6.16. The number of carbonyl (C=O) groups is 1. The SMILES string of the molecule is NC(CC(F)C1CC1)C(=O)O. The maximum Gasteiger partial charge on any atom is 0.320 e. The minimum Gasteiger partial charge on any atom is -0.480 e. The van der Waals surface area contributed by atoms with Crippen LogP contribution in [0.4, 0.5) is 4.39 Å². The molecule has 0 radical (unpaired) electrons. The van der Waals surface area contributed by atoms with E-state index in [9.17, 15) is 9.18 Å². The fourth-order valence-corrected chi connectivity index (χ4v) is 0.994. The van der Waals surface area contributed by atoms with Crippen molar-refractivity contribution in [3.05, 3.63) is 0 Å². The van der Waals surface area contributed by atoms with Crippen LogP contribution in [0.5, 0.6) is 0 Å². The lowest BCUT2D eigenvalue weighted by molar-refractivity contribution is -0.139. The topological polar surface area (TPSA) is 63.3 Å². The van der Waals surface area contributed by atoms with Gasteiger partial charge in [0.05, 0.1) is 0 Å². The molecular weight excluding hydrogens is 149 g/mol. The maximum absolute atomic E-state index is 12.9. The summed E-state index contributed by atoms with van der Waals surface area (Å²) >= 11 is 0. The third-order valence-corrected chi connectivity index (χ3v) is 1.93. The molecule has 1 aliphatic rings. The molecule has 3 N–H and O–H groups in total. The first-order valence-corrected chi connectivity index (χ1v) is 3.73. The van der Waals surface area contributed by atoms with Gasteiger partial charge >= 0.3 is 5.97 Å². The van der Waals surface area contributed by atoms with E-state index in [1.54, 1.807) is 0 Å². The van der Waals surface area contributed by atoms with Crippen LogP contribution >= 0.6 is 0 Å². The van der Waals surface area contributed by atoms with Crippen molar-refractivity contribution >= 4 is 5.97 Å². The van der Waals surface area contributed by atoms with Gasteiger partial charge < -0.3 is 10.8 Å². The molecule has 0 amide bonds. The van der Waals surface area contributed by atoms with Gasteiger partial charge in [0, 0.05) is 6.42 Å². The van der Waals surface area contributed by atoms with Gasteiger partial charge in [0.1, 0.15) is 12.2 Å². The monoisotopic (exact) mass is 161 g/mol. The molecule has 0 spiro atoms. The van der Waals surface area contributed by atoms with Crippen LogP contribution < -0.4 is 5.73 Å². The van der Waals surface area contributed by atoms with E-state index in [1.165, 1.54) is 0 Å². The summed E-state index contributed by atoms with van der Waals surface area (Å²) in [5.41, 5.74) is 5.14. The van der Waals surface area contributed by atoms with E-state index in [2.05, 4.69) is 0 Å². The second-order valence-corrected chi connectivity index (χ2v) is 3.03. The van der Waals surface area contributed by atoms with E-state index in [-0.39, 0.29) is 12.3 Å². The average Bonchev–Trinajstić information content (AvgIpc) is 2.67. The zero-order chi connectivity index (χ0) is 8.43. The van der Waals surface area contributed by atoms with Crippen molar-refractivity contribution in [2.75, 3.05) is 0 Å². The van der Waals surface area contributed by atoms with E-state index >= 15 is 0 Å². The van der Waals surface area contributed by atoms with Crippen LogP contribution in [0.15, 0.2) is 0 Å². The van der Waals surface area contributed by atoms with E-state index in [0.717, 1.165) is 12.8 Å². The van der Waals surface area contributed by atoms with Crippen LogP contribution in [0.1, 0.15) is 19.3 Å². The van der Waals surface area contributed by atoms with Crippen molar-refractivity contribution in [2.45, 2.75) is 31.5 Å². The Morgan fingerprint density at radius 1 is 1.73 bits per heavy atom. The van der Waals surface area contributed by atoms with Crippen molar-refractivity contribution in [3.8, 4) is 0 Å². The Morgan fingerprint density at radius 2 is 2.27 bits per heavy atom. The average molecular weight is 161 g/mol. The number of hydrogen-bond acceptors (Lipinski definition) is 2.